The third-order valence-electron chi connectivity index (χ3n) is 26.5. The number of aromatic nitrogens is 6. The minimum Gasteiger partial charge on any atom is -0.309 e. The number of hydrogen-bond acceptors (Lipinski definition) is 4. The molecule has 0 aliphatic carbocycles. The Morgan fingerprint density at radius 3 is 0.924 bits per heavy atom. The Balaban J connectivity index is 0.000000143. The summed E-state index contributed by atoms with van der Waals surface area (Å²) in [4.78, 5) is 21.7. The smallest absolute Gasteiger partial charge is 0.160 e. The van der Waals surface area contributed by atoms with Crippen molar-refractivity contribution in [1.82, 2.24) is 29.1 Å². The van der Waals surface area contributed by atoms with E-state index >= 15 is 0 Å². The molecule has 22 aromatic carbocycles. The van der Waals surface area contributed by atoms with E-state index in [0.717, 1.165) is 128 Å². The van der Waals surface area contributed by atoms with Crippen LogP contribution in [0.2, 0.25) is 0 Å². The predicted molar refractivity (Wildman–Crippen MR) is 555 cm³/mol. The summed E-state index contributed by atoms with van der Waals surface area (Å²) >= 11 is 0. The molecule has 132 heavy (non-hydrogen) atoms. The monoisotopic (exact) mass is 1680 g/mol. The molecule has 4 heterocycles. The van der Waals surface area contributed by atoms with Crippen molar-refractivity contribution >= 4 is 119 Å². The van der Waals surface area contributed by atoms with Crippen molar-refractivity contribution in [2.75, 3.05) is 0 Å². The van der Waals surface area contributed by atoms with Crippen molar-refractivity contribution in [3.05, 3.63) is 485 Å². The molecular weight excluding hydrogens is 1600 g/mol. The fourth-order valence-corrected chi connectivity index (χ4v) is 20.1. The Bertz CT molecular complexity index is 9010. The van der Waals surface area contributed by atoms with Gasteiger partial charge in [0.2, 0.25) is 0 Å². The van der Waals surface area contributed by atoms with Crippen LogP contribution in [0, 0.1) is 0 Å². The first-order valence-electron chi connectivity index (χ1n) is 45.1. The second kappa shape index (κ2) is 32.4. The zero-order valence-corrected chi connectivity index (χ0v) is 71.9. The molecule has 0 atom stereocenters. The maximum atomic E-state index is 5.48. The van der Waals surface area contributed by atoms with Crippen LogP contribution in [0.5, 0.6) is 0 Å². The van der Waals surface area contributed by atoms with Gasteiger partial charge in [-0.15, -0.1) is 0 Å². The van der Waals surface area contributed by atoms with E-state index in [1.165, 1.54) is 114 Å². The summed E-state index contributed by atoms with van der Waals surface area (Å²) in [6.45, 7) is 0. The quantitative estimate of drug-likeness (QED) is 0.108. The predicted octanol–water partition coefficient (Wildman–Crippen LogP) is 33.6. The van der Waals surface area contributed by atoms with Crippen LogP contribution in [0.3, 0.4) is 0 Å². The van der Waals surface area contributed by atoms with Crippen LogP contribution in [0.15, 0.2) is 485 Å². The number of hydrogen-bond donors (Lipinski definition) is 0. The molecule has 26 rings (SSSR count). The highest BCUT2D eigenvalue weighted by molar-refractivity contribution is 6.21. The van der Waals surface area contributed by atoms with Gasteiger partial charge in [0.25, 0.3) is 0 Å². The van der Waals surface area contributed by atoms with Gasteiger partial charge in [0.05, 0.1) is 44.5 Å². The Morgan fingerprint density at radius 1 is 0.144 bits per heavy atom. The minimum atomic E-state index is 0.678. The van der Waals surface area contributed by atoms with Crippen molar-refractivity contribution in [1.29, 1.82) is 0 Å². The topological polar surface area (TPSA) is 61.4 Å². The van der Waals surface area contributed by atoms with E-state index in [2.05, 4.69) is 494 Å². The summed E-state index contributed by atoms with van der Waals surface area (Å²) < 4.78 is 4.84. The molecule has 0 aliphatic heterocycles. The van der Waals surface area contributed by atoms with E-state index in [1.54, 1.807) is 0 Å². The van der Waals surface area contributed by atoms with Gasteiger partial charge in [-0.1, -0.05) is 364 Å². The first kappa shape index (κ1) is 76.8. The highest BCUT2D eigenvalue weighted by Gasteiger charge is 2.25. The normalized spacial score (nSPS) is 11.6. The minimum absolute atomic E-state index is 0.678. The Labute approximate surface area is 762 Å². The van der Waals surface area contributed by atoms with Gasteiger partial charge in [-0.25, -0.2) is 19.9 Å². The zero-order valence-electron chi connectivity index (χ0n) is 71.9. The number of rotatable bonds is 13. The Morgan fingerprint density at radius 2 is 0.462 bits per heavy atom. The van der Waals surface area contributed by atoms with E-state index in [4.69, 9.17) is 19.9 Å². The highest BCUT2D eigenvalue weighted by Crippen LogP contribution is 2.48. The van der Waals surface area contributed by atoms with Gasteiger partial charge >= 0.3 is 0 Å². The van der Waals surface area contributed by atoms with Gasteiger partial charge in [-0.05, 0) is 253 Å². The Hall–Kier alpha value is -17.6. The third-order valence-corrected chi connectivity index (χ3v) is 26.5. The van der Waals surface area contributed by atoms with Crippen molar-refractivity contribution < 1.29 is 0 Å². The lowest BCUT2D eigenvalue weighted by Crippen LogP contribution is -1.98. The van der Waals surface area contributed by atoms with Crippen LogP contribution in [0.25, 0.3) is 254 Å². The molecule has 0 aliphatic rings. The lowest BCUT2D eigenvalue weighted by Gasteiger charge is -2.16. The SMILES string of the molecule is c1ccc(-c2cc3nc(-c4ccc(-n5c6cc7ccccc7cc6c6c(-c7ccccc7)cccc65)cc4)nc(-c4ccc5ccccc5c4)c3cc2-c2ccccc2)cc1.c1ccc(-c2ccc(-c3nc(-c4ccc(-n5c6cc7ccccc7cc6c6c(-c7ccc8ccc9ccccc9c8c7)cccc65)cc4)nc4cc(-c5ccccc5)c(-c5ccccc5)cc34)cc2)cc1. The van der Waals surface area contributed by atoms with Crippen LogP contribution in [-0.4, -0.2) is 29.1 Å². The second-order valence-electron chi connectivity index (χ2n) is 34.3. The van der Waals surface area contributed by atoms with E-state index < -0.39 is 0 Å². The molecule has 0 N–H and O–H groups in total. The van der Waals surface area contributed by atoms with Crippen molar-refractivity contribution in [2.45, 2.75) is 0 Å². The number of nitrogens with zero attached hydrogens (tertiary/aromatic N) is 6. The maximum absolute atomic E-state index is 5.48. The molecule has 0 radical (unpaired) electrons. The number of benzene rings is 22. The zero-order chi connectivity index (χ0) is 87.1. The fourth-order valence-electron chi connectivity index (χ4n) is 20.1. The van der Waals surface area contributed by atoms with Crippen LogP contribution < -0.4 is 0 Å². The standard InChI is InChI=1S/C68H43N3.C58H37N3/c1-4-15-44(16-5-1)45-27-32-50(33-28-45)67-61-42-59(46-17-6-2-7-18-46)60(47-19-8-3-9-20-47)43-63(61)69-68(70-67)51-35-37-55(38-36-51)71-64-26-14-25-57(66(64)62-39-52-22-10-11-23-53(52)41-65(62)71)54-34-31-49-30-29-48-21-12-13-24-56(48)58(49)40-54;1-4-16-39(17-5-1)48-25-14-26-54-56(48)52-34-44-23-12-13-24-45(44)35-55(52)61(54)47-31-29-42(30-32-47)58-59-53-37-50(41-20-8-3-9-21-41)49(40-18-6-2-7-19-40)36-51(53)57(60-58)46-28-27-38-15-10-11-22-43(38)33-46/h1-43H;1-37H. The van der Waals surface area contributed by atoms with Gasteiger partial charge in [0, 0.05) is 65.9 Å². The lowest BCUT2D eigenvalue weighted by molar-refractivity contribution is 1.17. The Kier molecular flexibility index (Phi) is 18.8. The molecule has 0 spiro atoms. The first-order chi connectivity index (χ1) is 65.4. The van der Waals surface area contributed by atoms with E-state index in [0.29, 0.717) is 11.6 Å². The largest absolute Gasteiger partial charge is 0.309 e. The molecule has 0 amide bonds. The third kappa shape index (κ3) is 13.7. The molecule has 6 heteroatoms. The number of fused-ring (bicyclic) bond motifs is 14. The second-order valence-corrected chi connectivity index (χ2v) is 34.3. The van der Waals surface area contributed by atoms with Crippen LogP contribution in [0.4, 0.5) is 0 Å². The van der Waals surface area contributed by atoms with E-state index in [-0.39, 0.29) is 0 Å². The molecule has 0 saturated carbocycles. The average Bonchev–Trinajstić information content (AvgIpc) is 1.33. The van der Waals surface area contributed by atoms with Gasteiger partial charge < -0.3 is 9.13 Å². The molecule has 0 fully saturated rings. The molecule has 6 nitrogen and oxygen atoms in total. The molecule has 0 bridgehead atoms. The summed E-state index contributed by atoms with van der Waals surface area (Å²) in [7, 11) is 0. The molecule has 0 saturated heterocycles. The molecule has 614 valence electrons. The summed E-state index contributed by atoms with van der Waals surface area (Å²) in [5, 5.41) is 19.2. The summed E-state index contributed by atoms with van der Waals surface area (Å²) in [6.07, 6.45) is 0. The molecule has 26 aromatic rings. The van der Waals surface area contributed by atoms with Crippen LogP contribution >= 0.6 is 0 Å². The van der Waals surface area contributed by atoms with Crippen molar-refractivity contribution in [2.24, 2.45) is 0 Å². The summed E-state index contributed by atoms with van der Waals surface area (Å²) in [5.74, 6) is 1.37. The van der Waals surface area contributed by atoms with Gasteiger partial charge in [-0.3, -0.25) is 0 Å². The summed E-state index contributed by atoms with van der Waals surface area (Å²) in [6, 6.07) is 175. The van der Waals surface area contributed by atoms with Gasteiger partial charge in [0.15, 0.2) is 11.6 Å². The van der Waals surface area contributed by atoms with Gasteiger partial charge in [0.1, 0.15) is 0 Å². The van der Waals surface area contributed by atoms with Crippen molar-refractivity contribution in [3.63, 3.8) is 0 Å². The van der Waals surface area contributed by atoms with Crippen molar-refractivity contribution in [3.8, 4) is 135 Å². The summed E-state index contributed by atoms with van der Waals surface area (Å²) in [5.41, 5.74) is 30.8. The highest BCUT2D eigenvalue weighted by atomic mass is 15.0. The lowest BCUT2D eigenvalue weighted by atomic mass is 9.91. The maximum Gasteiger partial charge on any atom is 0.160 e. The molecular formula is C126H80N6. The first-order valence-corrected chi connectivity index (χ1v) is 45.1. The molecule has 0 unspecified atom stereocenters. The van der Waals surface area contributed by atoms with Crippen LogP contribution in [0.1, 0.15) is 0 Å². The van der Waals surface area contributed by atoms with E-state index in [1.807, 2.05) is 0 Å². The fraction of sp³-hybridized carbons (Fsp3) is 0. The van der Waals surface area contributed by atoms with Gasteiger partial charge in [-0.2, -0.15) is 0 Å². The average molecular weight is 1680 g/mol. The van der Waals surface area contributed by atoms with E-state index in [9.17, 15) is 0 Å². The van der Waals surface area contributed by atoms with Crippen LogP contribution in [-0.2, 0) is 0 Å². The molecule has 4 aromatic heterocycles.